The number of alkyl halides is 2. The van der Waals surface area contributed by atoms with Gasteiger partial charge in [-0.05, 0) is 29.2 Å². The van der Waals surface area contributed by atoms with Crippen molar-refractivity contribution in [2.24, 2.45) is 0 Å². The van der Waals surface area contributed by atoms with Gasteiger partial charge in [0.05, 0.1) is 6.61 Å². The fourth-order valence-corrected chi connectivity index (χ4v) is 2.61. The molecule has 0 atom stereocenters. The van der Waals surface area contributed by atoms with E-state index < -0.39 is 17.5 Å². The monoisotopic (exact) mass is 358 g/mol. The molecule has 0 amide bonds. The van der Waals surface area contributed by atoms with Gasteiger partial charge < -0.3 is 4.74 Å². The molecule has 0 aliphatic heterocycles. The molecule has 0 bridgehead atoms. The van der Waals surface area contributed by atoms with Crippen LogP contribution in [-0.4, -0.2) is 18.5 Å². The molecule has 2 aromatic carbocycles. The minimum Gasteiger partial charge on any atom is -0.461 e. The first-order chi connectivity index (χ1) is 12.5. The van der Waals surface area contributed by atoms with E-state index in [9.17, 15) is 13.6 Å². The van der Waals surface area contributed by atoms with Crippen LogP contribution >= 0.6 is 0 Å². The summed E-state index contributed by atoms with van der Waals surface area (Å²) in [5, 5.41) is 0. The van der Waals surface area contributed by atoms with Crippen LogP contribution < -0.4 is 0 Å². The first-order valence-electron chi connectivity index (χ1n) is 8.87. The van der Waals surface area contributed by atoms with Gasteiger partial charge in [0.1, 0.15) is 0 Å². The van der Waals surface area contributed by atoms with E-state index in [0.717, 1.165) is 30.4 Å². The molecule has 0 heterocycles. The number of rotatable bonds is 9. The lowest BCUT2D eigenvalue weighted by Gasteiger charge is -2.18. The molecule has 138 valence electrons. The van der Waals surface area contributed by atoms with E-state index in [1.54, 1.807) is 12.1 Å². The number of benzene rings is 2. The Kier molecular flexibility index (Phi) is 7.07. The SMILES string of the molecule is C=C(c1cccc(-c2ccccc2)c1)C(F)(F)C(=O)OCCCCCC. The summed E-state index contributed by atoms with van der Waals surface area (Å²) in [6, 6.07) is 16.1. The van der Waals surface area contributed by atoms with E-state index in [2.05, 4.69) is 6.58 Å². The molecule has 0 aromatic heterocycles. The van der Waals surface area contributed by atoms with Gasteiger partial charge in [-0.2, -0.15) is 8.78 Å². The molecule has 26 heavy (non-hydrogen) atoms. The van der Waals surface area contributed by atoms with Crippen LogP contribution in [0, 0.1) is 0 Å². The highest BCUT2D eigenvalue weighted by Gasteiger charge is 2.44. The van der Waals surface area contributed by atoms with Crippen molar-refractivity contribution in [2.45, 2.75) is 38.5 Å². The summed E-state index contributed by atoms with van der Waals surface area (Å²) < 4.78 is 33.6. The van der Waals surface area contributed by atoms with Crippen molar-refractivity contribution in [1.82, 2.24) is 0 Å². The molecule has 2 aromatic rings. The Bertz CT molecular complexity index is 739. The Morgan fingerprint density at radius 1 is 1.00 bits per heavy atom. The van der Waals surface area contributed by atoms with Gasteiger partial charge in [0, 0.05) is 5.57 Å². The highest BCUT2D eigenvalue weighted by molar-refractivity contribution is 5.94. The summed E-state index contributed by atoms with van der Waals surface area (Å²) in [6.45, 7) is 5.51. The fourth-order valence-electron chi connectivity index (χ4n) is 2.61. The van der Waals surface area contributed by atoms with Gasteiger partial charge in [0.25, 0.3) is 0 Å². The zero-order valence-corrected chi connectivity index (χ0v) is 15.0. The van der Waals surface area contributed by atoms with Crippen LogP contribution in [0.5, 0.6) is 0 Å². The van der Waals surface area contributed by atoms with Gasteiger partial charge in [0.15, 0.2) is 0 Å². The topological polar surface area (TPSA) is 26.3 Å². The minimum atomic E-state index is -3.75. The standard InChI is InChI=1S/C22H24F2O2/c1-3-4-5-9-15-26-21(25)22(23,24)17(2)19-13-10-14-20(16-19)18-11-7-6-8-12-18/h6-8,10-14,16H,2-5,9,15H2,1H3. The molecule has 0 radical (unpaired) electrons. The highest BCUT2D eigenvalue weighted by atomic mass is 19.3. The van der Waals surface area contributed by atoms with E-state index in [4.69, 9.17) is 4.74 Å². The number of esters is 1. The molecular weight excluding hydrogens is 334 g/mol. The van der Waals surface area contributed by atoms with E-state index in [1.807, 2.05) is 43.3 Å². The largest absolute Gasteiger partial charge is 0.461 e. The third-order valence-corrected chi connectivity index (χ3v) is 4.18. The van der Waals surface area contributed by atoms with Crippen molar-refractivity contribution in [3.8, 4) is 11.1 Å². The molecule has 2 rings (SSSR count). The normalized spacial score (nSPS) is 11.2. The molecule has 4 heteroatoms. The third-order valence-electron chi connectivity index (χ3n) is 4.18. The summed E-state index contributed by atoms with van der Waals surface area (Å²) >= 11 is 0. The minimum absolute atomic E-state index is 0.00571. The van der Waals surface area contributed by atoms with Crippen molar-refractivity contribution in [2.75, 3.05) is 6.61 Å². The maximum absolute atomic E-state index is 14.4. The highest BCUT2D eigenvalue weighted by Crippen LogP contribution is 2.34. The smallest absolute Gasteiger partial charge is 0.381 e. The molecule has 0 aliphatic rings. The van der Waals surface area contributed by atoms with Crippen molar-refractivity contribution in [3.63, 3.8) is 0 Å². The van der Waals surface area contributed by atoms with Gasteiger partial charge in [-0.15, -0.1) is 0 Å². The molecule has 0 fully saturated rings. The second-order valence-electron chi connectivity index (χ2n) is 6.20. The number of ether oxygens (including phenoxy) is 1. The Labute approximate surface area is 153 Å². The Balaban J connectivity index is 2.08. The molecule has 0 spiro atoms. The molecule has 0 N–H and O–H groups in total. The van der Waals surface area contributed by atoms with Crippen LogP contribution in [0.15, 0.2) is 61.2 Å². The second kappa shape index (κ2) is 9.27. The predicted molar refractivity (Wildman–Crippen MR) is 101 cm³/mol. The lowest BCUT2D eigenvalue weighted by Crippen LogP contribution is -2.32. The molecular formula is C22H24F2O2. The number of halogens is 2. The summed E-state index contributed by atoms with van der Waals surface area (Å²) in [5.41, 5.74) is 1.37. The average Bonchev–Trinajstić information content (AvgIpc) is 2.67. The predicted octanol–water partition coefficient (Wildman–Crippen LogP) is 6.13. The van der Waals surface area contributed by atoms with Crippen molar-refractivity contribution >= 4 is 11.5 Å². The molecule has 0 unspecified atom stereocenters. The van der Waals surface area contributed by atoms with Crippen molar-refractivity contribution in [3.05, 3.63) is 66.7 Å². The average molecular weight is 358 g/mol. The maximum atomic E-state index is 14.4. The van der Waals surface area contributed by atoms with Crippen LogP contribution in [0.2, 0.25) is 0 Å². The quantitative estimate of drug-likeness (QED) is 0.398. The maximum Gasteiger partial charge on any atom is 0.381 e. The number of unbranched alkanes of at least 4 members (excludes halogenated alkanes) is 3. The lowest BCUT2D eigenvalue weighted by atomic mass is 9.96. The van der Waals surface area contributed by atoms with Crippen LogP contribution in [0.4, 0.5) is 8.78 Å². The van der Waals surface area contributed by atoms with Crippen molar-refractivity contribution in [1.29, 1.82) is 0 Å². The first kappa shape index (κ1) is 19.8. The summed E-state index contributed by atoms with van der Waals surface area (Å²) in [4.78, 5) is 11.8. The molecule has 0 saturated heterocycles. The number of carbonyl (C=O) groups is 1. The van der Waals surface area contributed by atoms with Gasteiger partial charge in [-0.25, -0.2) is 4.79 Å². The van der Waals surface area contributed by atoms with Gasteiger partial charge in [-0.3, -0.25) is 0 Å². The van der Waals surface area contributed by atoms with Crippen LogP contribution in [0.1, 0.15) is 38.2 Å². The van der Waals surface area contributed by atoms with Crippen LogP contribution in [-0.2, 0) is 9.53 Å². The van der Waals surface area contributed by atoms with Crippen molar-refractivity contribution < 1.29 is 18.3 Å². The number of hydrogen-bond donors (Lipinski definition) is 0. The summed E-state index contributed by atoms with van der Waals surface area (Å²) in [6.07, 6.45) is 3.46. The first-order valence-corrected chi connectivity index (χ1v) is 8.87. The van der Waals surface area contributed by atoms with Crippen LogP contribution in [0.25, 0.3) is 16.7 Å². The summed E-state index contributed by atoms with van der Waals surface area (Å²) in [5.74, 6) is -5.29. The van der Waals surface area contributed by atoms with Gasteiger partial charge >= 0.3 is 11.9 Å². The molecule has 2 nitrogen and oxygen atoms in total. The zero-order valence-electron chi connectivity index (χ0n) is 15.0. The van der Waals surface area contributed by atoms with E-state index >= 15 is 0 Å². The lowest BCUT2D eigenvalue weighted by molar-refractivity contribution is -0.163. The number of carbonyl (C=O) groups excluding carboxylic acids is 1. The van der Waals surface area contributed by atoms with Gasteiger partial charge in [0.2, 0.25) is 0 Å². The Morgan fingerprint density at radius 2 is 1.69 bits per heavy atom. The molecule has 0 saturated carbocycles. The third kappa shape index (κ3) is 5.01. The van der Waals surface area contributed by atoms with Gasteiger partial charge in [-0.1, -0.05) is 81.3 Å². The Morgan fingerprint density at radius 3 is 2.38 bits per heavy atom. The van der Waals surface area contributed by atoms with E-state index in [-0.39, 0.29) is 12.2 Å². The fraction of sp³-hybridized carbons (Fsp3) is 0.318. The Hall–Kier alpha value is -2.49. The zero-order chi connectivity index (χ0) is 19.0. The summed E-state index contributed by atoms with van der Waals surface area (Å²) in [7, 11) is 0. The van der Waals surface area contributed by atoms with E-state index in [1.165, 1.54) is 6.07 Å². The van der Waals surface area contributed by atoms with Crippen LogP contribution in [0.3, 0.4) is 0 Å². The number of hydrogen-bond acceptors (Lipinski definition) is 2. The van der Waals surface area contributed by atoms with E-state index in [0.29, 0.717) is 6.42 Å². The second-order valence-corrected chi connectivity index (χ2v) is 6.20. The molecule has 0 aliphatic carbocycles.